The van der Waals surface area contributed by atoms with Crippen LogP contribution in [0, 0.1) is 0 Å². The normalized spacial score (nSPS) is 10.7. The van der Waals surface area contributed by atoms with Gasteiger partial charge in [0.2, 0.25) is 0 Å². The van der Waals surface area contributed by atoms with Gasteiger partial charge in [-0.2, -0.15) is 0 Å². The summed E-state index contributed by atoms with van der Waals surface area (Å²) in [4.78, 5) is 0. The van der Waals surface area contributed by atoms with Crippen molar-refractivity contribution in [2.75, 3.05) is 45.9 Å². The van der Waals surface area contributed by atoms with Crippen LogP contribution in [0.4, 0.5) is 0 Å². The number of hydrogen-bond donors (Lipinski definition) is 3. The first-order chi connectivity index (χ1) is 6.91. The quantitative estimate of drug-likeness (QED) is 0.412. The minimum Gasteiger partial charge on any atom is -0.380 e. The summed E-state index contributed by atoms with van der Waals surface area (Å²) in [5.74, 6) is 0. The number of ether oxygens (including phenoxy) is 1. The lowest BCUT2D eigenvalue weighted by Crippen LogP contribution is -2.27. The molecule has 0 atom stereocenters. The lowest BCUT2D eigenvalue weighted by molar-refractivity contribution is 0.136. The van der Waals surface area contributed by atoms with Gasteiger partial charge in [-0.05, 0) is 25.9 Å². The van der Waals surface area contributed by atoms with Crippen molar-refractivity contribution in [1.82, 2.24) is 10.6 Å². The van der Waals surface area contributed by atoms with Crippen LogP contribution in [-0.2, 0) is 4.74 Å². The van der Waals surface area contributed by atoms with Crippen LogP contribution in [0.2, 0.25) is 0 Å². The molecule has 0 aliphatic rings. The number of hydrogen-bond acceptors (Lipinski definition) is 4. The Labute approximate surface area is 87.6 Å². The molecule has 14 heavy (non-hydrogen) atoms. The first kappa shape index (κ1) is 13.8. The molecule has 0 amide bonds. The first-order valence-electron chi connectivity index (χ1n) is 5.61. The van der Waals surface area contributed by atoms with Crippen LogP contribution in [-0.4, -0.2) is 45.9 Å². The summed E-state index contributed by atoms with van der Waals surface area (Å²) in [6.07, 6.45) is 2.25. The molecule has 4 N–H and O–H groups in total. The second-order valence-corrected chi connectivity index (χ2v) is 3.25. The highest BCUT2D eigenvalue weighted by Gasteiger charge is 1.88. The minimum absolute atomic E-state index is 0.721. The van der Waals surface area contributed by atoms with Crippen molar-refractivity contribution in [3.8, 4) is 0 Å². The molecule has 0 spiro atoms. The zero-order valence-electron chi connectivity index (χ0n) is 9.35. The van der Waals surface area contributed by atoms with Gasteiger partial charge in [0.1, 0.15) is 0 Å². The van der Waals surface area contributed by atoms with E-state index in [4.69, 9.17) is 10.5 Å². The summed E-state index contributed by atoms with van der Waals surface area (Å²) in [5.41, 5.74) is 5.34. The SMILES string of the molecule is CCCOCCNCCCNCCN. The molecule has 86 valence electrons. The standard InChI is InChI=1S/C10H25N3O/c1-2-9-14-10-8-13-6-3-5-12-7-4-11/h12-13H,2-11H2,1H3. The fourth-order valence-electron chi connectivity index (χ4n) is 1.08. The molecule has 0 rings (SSSR count). The van der Waals surface area contributed by atoms with Crippen LogP contribution in [0.5, 0.6) is 0 Å². The Kier molecular flexibility index (Phi) is 12.7. The van der Waals surface area contributed by atoms with Crippen LogP contribution in [0.25, 0.3) is 0 Å². The predicted octanol–water partition coefficient (Wildman–Crippen LogP) is -0.0590. The van der Waals surface area contributed by atoms with E-state index in [1.807, 2.05) is 0 Å². The first-order valence-corrected chi connectivity index (χ1v) is 5.61. The van der Waals surface area contributed by atoms with Crippen LogP contribution in [0.3, 0.4) is 0 Å². The van der Waals surface area contributed by atoms with Crippen LogP contribution < -0.4 is 16.4 Å². The summed E-state index contributed by atoms with van der Waals surface area (Å²) in [6.45, 7) is 8.50. The van der Waals surface area contributed by atoms with Gasteiger partial charge in [0, 0.05) is 26.2 Å². The largest absolute Gasteiger partial charge is 0.380 e. The zero-order valence-corrected chi connectivity index (χ0v) is 9.35. The smallest absolute Gasteiger partial charge is 0.0590 e. The topological polar surface area (TPSA) is 59.3 Å². The maximum absolute atomic E-state index is 5.34. The molecule has 4 heteroatoms. The number of nitrogens with one attached hydrogen (secondary N) is 2. The molecule has 4 nitrogen and oxygen atoms in total. The molecule has 0 unspecified atom stereocenters. The predicted molar refractivity (Wildman–Crippen MR) is 60.5 cm³/mol. The highest BCUT2D eigenvalue weighted by Crippen LogP contribution is 1.78. The van der Waals surface area contributed by atoms with E-state index in [0.29, 0.717) is 0 Å². The number of nitrogens with two attached hydrogens (primary N) is 1. The average molecular weight is 203 g/mol. The van der Waals surface area contributed by atoms with E-state index >= 15 is 0 Å². The third-order valence-corrected chi connectivity index (χ3v) is 1.80. The van der Waals surface area contributed by atoms with Gasteiger partial charge in [-0.25, -0.2) is 0 Å². The minimum atomic E-state index is 0.721. The van der Waals surface area contributed by atoms with Crippen molar-refractivity contribution < 1.29 is 4.74 Å². The molecule has 0 heterocycles. The maximum Gasteiger partial charge on any atom is 0.0590 e. The van der Waals surface area contributed by atoms with Crippen molar-refractivity contribution in [2.24, 2.45) is 5.73 Å². The van der Waals surface area contributed by atoms with Crippen molar-refractivity contribution in [2.45, 2.75) is 19.8 Å². The monoisotopic (exact) mass is 203 g/mol. The van der Waals surface area contributed by atoms with Gasteiger partial charge < -0.3 is 21.1 Å². The molecule has 0 bridgehead atoms. The highest BCUT2D eigenvalue weighted by molar-refractivity contribution is 4.51. The maximum atomic E-state index is 5.34. The lowest BCUT2D eigenvalue weighted by atomic mass is 10.4. The summed E-state index contributed by atoms with van der Waals surface area (Å²) in [5, 5.41) is 6.57. The van der Waals surface area contributed by atoms with Gasteiger partial charge in [-0.15, -0.1) is 0 Å². The van der Waals surface area contributed by atoms with Gasteiger partial charge in [0.25, 0.3) is 0 Å². The summed E-state index contributed by atoms with van der Waals surface area (Å²) in [7, 11) is 0. The van der Waals surface area contributed by atoms with Gasteiger partial charge in [0.15, 0.2) is 0 Å². The van der Waals surface area contributed by atoms with E-state index in [1.54, 1.807) is 0 Å². The molecule has 0 saturated carbocycles. The van der Waals surface area contributed by atoms with E-state index in [9.17, 15) is 0 Å². The number of rotatable bonds is 11. The summed E-state index contributed by atoms with van der Waals surface area (Å²) in [6, 6.07) is 0. The summed E-state index contributed by atoms with van der Waals surface area (Å²) < 4.78 is 5.33. The molecule has 0 aliphatic heterocycles. The van der Waals surface area contributed by atoms with Crippen LogP contribution in [0.15, 0.2) is 0 Å². The molecule has 0 fully saturated rings. The van der Waals surface area contributed by atoms with Crippen molar-refractivity contribution >= 4 is 0 Å². The van der Waals surface area contributed by atoms with Gasteiger partial charge in [-0.1, -0.05) is 6.92 Å². The highest BCUT2D eigenvalue weighted by atomic mass is 16.5. The Hall–Kier alpha value is -0.160. The van der Waals surface area contributed by atoms with Crippen LogP contribution in [0.1, 0.15) is 19.8 Å². The van der Waals surface area contributed by atoms with Crippen molar-refractivity contribution in [3.63, 3.8) is 0 Å². The van der Waals surface area contributed by atoms with E-state index in [1.165, 1.54) is 0 Å². The van der Waals surface area contributed by atoms with Gasteiger partial charge in [-0.3, -0.25) is 0 Å². The van der Waals surface area contributed by atoms with E-state index in [2.05, 4.69) is 17.6 Å². The Morgan fingerprint density at radius 2 is 1.71 bits per heavy atom. The van der Waals surface area contributed by atoms with Crippen molar-refractivity contribution in [3.05, 3.63) is 0 Å². The molecule has 0 radical (unpaired) electrons. The van der Waals surface area contributed by atoms with Gasteiger partial charge in [0.05, 0.1) is 6.61 Å². The Morgan fingerprint density at radius 3 is 2.36 bits per heavy atom. The van der Waals surface area contributed by atoms with E-state index < -0.39 is 0 Å². The lowest BCUT2D eigenvalue weighted by Gasteiger charge is -2.05. The Morgan fingerprint density at radius 1 is 1.00 bits per heavy atom. The molecular weight excluding hydrogens is 178 g/mol. The molecule has 0 aromatic carbocycles. The van der Waals surface area contributed by atoms with Crippen LogP contribution >= 0.6 is 0 Å². The molecular formula is C10H25N3O. The molecule has 0 aromatic heterocycles. The third kappa shape index (κ3) is 11.8. The Bertz CT molecular complexity index is 89.4. The third-order valence-electron chi connectivity index (χ3n) is 1.80. The molecule has 0 aliphatic carbocycles. The fraction of sp³-hybridized carbons (Fsp3) is 1.00. The average Bonchev–Trinajstić information content (AvgIpc) is 2.21. The summed E-state index contributed by atoms with van der Waals surface area (Å²) >= 11 is 0. The fourth-order valence-corrected chi connectivity index (χ4v) is 1.08. The molecule has 0 aromatic rings. The molecule has 0 saturated heterocycles. The van der Waals surface area contributed by atoms with E-state index in [0.717, 1.165) is 58.8 Å². The Balaban J connectivity index is 2.78. The second kappa shape index (κ2) is 12.8. The second-order valence-electron chi connectivity index (χ2n) is 3.25. The van der Waals surface area contributed by atoms with Crippen molar-refractivity contribution in [1.29, 1.82) is 0 Å². The van der Waals surface area contributed by atoms with Gasteiger partial charge >= 0.3 is 0 Å². The zero-order chi connectivity index (χ0) is 10.5. The van der Waals surface area contributed by atoms with E-state index in [-0.39, 0.29) is 0 Å².